The molecular formula is C16H27N3O4S. The smallest absolute Gasteiger partial charge is 0.241 e. The number of amides is 2. The molecule has 3 saturated heterocycles. The van der Waals surface area contributed by atoms with Crippen LogP contribution in [0.3, 0.4) is 0 Å². The molecule has 8 heteroatoms. The molecule has 3 rings (SSSR count). The lowest BCUT2D eigenvalue weighted by atomic mass is 9.94. The van der Waals surface area contributed by atoms with Gasteiger partial charge in [0.05, 0.1) is 30.3 Å². The van der Waals surface area contributed by atoms with Crippen molar-refractivity contribution in [2.75, 3.05) is 26.4 Å². The summed E-state index contributed by atoms with van der Waals surface area (Å²) in [6.45, 7) is 3.43. The summed E-state index contributed by atoms with van der Waals surface area (Å²) in [7, 11) is -1.65. The molecule has 3 aliphatic heterocycles. The van der Waals surface area contributed by atoms with Gasteiger partial charge in [0.15, 0.2) is 0 Å². The second-order valence-electron chi connectivity index (χ2n) is 7.31. The number of carbonyl (C=O) groups excluding carboxylic acids is 2. The number of rotatable bonds is 4. The number of hydrogen-bond donors (Lipinski definition) is 0. The van der Waals surface area contributed by atoms with E-state index in [0.717, 1.165) is 36.4 Å². The molecule has 3 aliphatic rings. The Kier molecular flexibility index (Phi) is 4.63. The molecule has 0 bridgehead atoms. The van der Waals surface area contributed by atoms with Crippen LogP contribution in [0, 0.1) is 5.92 Å². The molecule has 0 saturated carbocycles. The topological polar surface area (TPSA) is 78.0 Å². The van der Waals surface area contributed by atoms with Gasteiger partial charge in [-0.2, -0.15) is 0 Å². The number of carbonyl (C=O) groups is 2. The first kappa shape index (κ1) is 17.7. The normalized spacial score (nSPS) is 34.2. The van der Waals surface area contributed by atoms with Crippen molar-refractivity contribution in [2.24, 2.45) is 5.92 Å². The Labute approximate surface area is 144 Å². The van der Waals surface area contributed by atoms with Gasteiger partial charge in [-0.1, -0.05) is 13.3 Å². The van der Waals surface area contributed by atoms with Crippen molar-refractivity contribution in [3.8, 4) is 0 Å². The molecule has 0 aromatic rings. The van der Waals surface area contributed by atoms with Crippen molar-refractivity contribution in [2.45, 2.75) is 57.2 Å². The molecule has 7 nitrogen and oxygen atoms in total. The molecule has 0 aliphatic carbocycles. The minimum absolute atomic E-state index is 0.0618. The minimum atomic E-state index is -3.60. The fourth-order valence-electron chi connectivity index (χ4n) is 4.70. The molecule has 0 radical (unpaired) electrons. The molecule has 2 amide bonds. The van der Waals surface area contributed by atoms with E-state index in [1.54, 1.807) is 4.90 Å². The van der Waals surface area contributed by atoms with Crippen LogP contribution in [0.1, 0.15) is 39.0 Å². The van der Waals surface area contributed by atoms with Crippen LogP contribution in [-0.2, 0) is 19.6 Å². The van der Waals surface area contributed by atoms with Gasteiger partial charge in [-0.05, 0) is 39.3 Å². The van der Waals surface area contributed by atoms with Crippen molar-refractivity contribution in [3.63, 3.8) is 0 Å². The molecule has 3 fully saturated rings. The van der Waals surface area contributed by atoms with Gasteiger partial charge in [0.1, 0.15) is 0 Å². The molecular weight excluding hydrogens is 330 g/mol. The highest BCUT2D eigenvalue weighted by molar-refractivity contribution is 7.88. The van der Waals surface area contributed by atoms with Crippen molar-refractivity contribution < 1.29 is 18.0 Å². The fourth-order valence-corrected chi connectivity index (χ4v) is 5.88. The van der Waals surface area contributed by atoms with Gasteiger partial charge < -0.3 is 4.90 Å². The summed E-state index contributed by atoms with van der Waals surface area (Å²) in [5, 5.41) is 0. The SMILES string of the molecule is CCC[C@H]1C(=O)N(S(C)(=O)=O)[C@H]2CCN(C(=O)[C@@H]3CCCN3C)[C@H]12. The van der Waals surface area contributed by atoms with Gasteiger partial charge in [0.25, 0.3) is 0 Å². The molecule has 0 N–H and O–H groups in total. The molecule has 0 unspecified atom stereocenters. The average molecular weight is 357 g/mol. The Hall–Kier alpha value is -1.15. The summed E-state index contributed by atoms with van der Waals surface area (Å²) in [6.07, 6.45) is 4.89. The van der Waals surface area contributed by atoms with Gasteiger partial charge in [-0.25, -0.2) is 12.7 Å². The number of fused-ring (bicyclic) bond motifs is 1. The van der Waals surface area contributed by atoms with E-state index in [1.165, 1.54) is 0 Å². The van der Waals surface area contributed by atoms with E-state index in [-0.39, 0.29) is 29.9 Å². The van der Waals surface area contributed by atoms with Gasteiger partial charge in [-0.3, -0.25) is 14.5 Å². The molecule has 0 spiro atoms. The Morgan fingerprint density at radius 2 is 1.96 bits per heavy atom. The van der Waals surface area contributed by atoms with Crippen LogP contribution < -0.4 is 0 Å². The van der Waals surface area contributed by atoms with Gasteiger partial charge in [-0.15, -0.1) is 0 Å². The number of likely N-dealkylation sites (N-methyl/N-ethyl adjacent to an activating group) is 1. The maximum absolute atomic E-state index is 13.0. The van der Waals surface area contributed by atoms with Crippen LogP contribution in [0.25, 0.3) is 0 Å². The number of hydrogen-bond acceptors (Lipinski definition) is 5. The predicted octanol–water partition coefficient (Wildman–Crippen LogP) is 0.268. The van der Waals surface area contributed by atoms with E-state index in [9.17, 15) is 18.0 Å². The second kappa shape index (κ2) is 6.29. The van der Waals surface area contributed by atoms with Crippen LogP contribution in [0.15, 0.2) is 0 Å². The lowest BCUT2D eigenvalue weighted by Gasteiger charge is -2.31. The Bertz CT molecular complexity index is 635. The molecule has 0 aromatic carbocycles. The maximum Gasteiger partial charge on any atom is 0.241 e. The Morgan fingerprint density at radius 3 is 2.50 bits per heavy atom. The van der Waals surface area contributed by atoms with Crippen molar-refractivity contribution in [1.29, 1.82) is 0 Å². The van der Waals surface area contributed by atoms with E-state index < -0.39 is 15.9 Å². The van der Waals surface area contributed by atoms with Crippen LogP contribution in [0.2, 0.25) is 0 Å². The molecule has 136 valence electrons. The zero-order valence-corrected chi connectivity index (χ0v) is 15.5. The van der Waals surface area contributed by atoms with Crippen LogP contribution in [0.5, 0.6) is 0 Å². The first-order chi connectivity index (χ1) is 11.3. The average Bonchev–Trinajstić information content (AvgIpc) is 3.14. The Balaban J connectivity index is 1.90. The lowest BCUT2D eigenvalue weighted by molar-refractivity contribution is -0.137. The van der Waals surface area contributed by atoms with Crippen molar-refractivity contribution >= 4 is 21.8 Å². The summed E-state index contributed by atoms with van der Waals surface area (Å²) < 4.78 is 25.3. The van der Waals surface area contributed by atoms with Crippen LogP contribution in [-0.4, -0.2) is 78.9 Å². The second-order valence-corrected chi connectivity index (χ2v) is 9.17. The van der Waals surface area contributed by atoms with Crippen LogP contribution >= 0.6 is 0 Å². The highest BCUT2D eigenvalue weighted by Crippen LogP contribution is 2.40. The number of sulfonamides is 1. The summed E-state index contributed by atoms with van der Waals surface area (Å²) in [4.78, 5) is 29.6. The molecule has 4 atom stereocenters. The van der Waals surface area contributed by atoms with Gasteiger partial charge >= 0.3 is 0 Å². The summed E-state index contributed by atoms with van der Waals surface area (Å²) in [6, 6.07) is -0.818. The third-order valence-corrected chi connectivity index (χ3v) is 6.88. The first-order valence-electron chi connectivity index (χ1n) is 8.81. The standard InChI is InChI=1S/C16H27N3O4S/c1-4-6-11-14-12(19(15(11)20)24(3,22)23)8-10-18(14)16(21)13-7-5-9-17(13)2/h11-14H,4-10H2,1-3H3/t11-,12+,13+,14-/m1/s1. The quantitative estimate of drug-likeness (QED) is 0.722. The van der Waals surface area contributed by atoms with E-state index >= 15 is 0 Å². The van der Waals surface area contributed by atoms with E-state index in [0.29, 0.717) is 19.4 Å². The minimum Gasteiger partial charge on any atom is -0.335 e. The van der Waals surface area contributed by atoms with E-state index in [4.69, 9.17) is 0 Å². The maximum atomic E-state index is 13.0. The summed E-state index contributed by atoms with van der Waals surface area (Å²) >= 11 is 0. The first-order valence-corrected chi connectivity index (χ1v) is 10.7. The summed E-state index contributed by atoms with van der Waals surface area (Å²) in [5.74, 6) is -0.661. The van der Waals surface area contributed by atoms with Gasteiger partial charge in [0, 0.05) is 6.54 Å². The number of nitrogens with zero attached hydrogens (tertiary/aromatic N) is 3. The number of likely N-dealkylation sites (tertiary alicyclic amines) is 2. The van der Waals surface area contributed by atoms with Crippen molar-refractivity contribution in [1.82, 2.24) is 14.1 Å². The van der Waals surface area contributed by atoms with Crippen molar-refractivity contribution in [3.05, 3.63) is 0 Å². The third-order valence-electron chi connectivity index (χ3n) is 5.71. The lowest BCUT2D eigenvalue weighted by Crippen LogP contribution is -2.49. The fraction of sp³-hybridized carbons (Fsp3) is 0.875. The molecule has 0 aromatic heterocycles. The van der Waals surface area contributed by atoms with E-state index in [2.05, 4.69) is 4.90 Å². The zero-order chi connectivity index (χ0) is 17.6. The molecule has 3 heterocycles. The third kappa shape index (κ3) is 2.73. The zero-order valence-electron chi connectivity index (χ0n) is 14.6. The summed E-state index contributed by atoms with van der Waals surface area (Å²) in [5.41, 5.74) is 0. The largest absolute Gasteiger partial charge is 0.335 e. The van der Waals surface area contributed by atoms with E-state index in [1.807, 2.05) is 14.0 Å². The monoisotopic (exact) mass is 357 g/mol. The molecule has 24 heavy (non-hydrogen) atoms. The predicted molar refractivity (Wildman–Crippen MR) is 89.6 cm³/mol. The Morgan fingerprint density at radius 1 is 1.25 bits per heavy atom. The highest BCUT2D eigenvalue weighted by Gasteiger charge is 2.57. The highest BCUT2D eigenvalue weighted by atomic mass is 32.2. The van der Waals surface area contributed by atoms with Crippen LogP contribution in [0.4, 0.5) is 0 Å². The van der Waals surface area contributed by atoms with Gasteiger partial charge in [0.2, 0.25) is 21.8 Å².